The third kappa shape index (κ3) is 2.56. The molecular formula is C12H12N2S. The van der Waals surface area contributed by atoms with Crippen LogP contribution in [-0.2, 0) is 0 Å². The van der Waals surface area contributed by atoms with Gasteiger partial charge < -0.3 is 5.32 Å². The van der Waals surface area contributed by atoms with Crippen molar-refractivity contribution in [1.29, 1.82) is 0 Å². The molecule has 1 aromatic heterocycles. The average molecular weight is 216 g/mol. The highest BCUT2D eigenvalue weighted by Crippen LogP contribution is 2.18. The van der Waals surface area contributed by atoms with Gasteiger partial charge in [0.2, 0.25) is 0 Å². The standard InChI is InChI=1S/C12H12N2S/c1-13-7-3-2-4-10-5-6-12-11(8-10)14-9-15-12/h5-6,8-9,13H,3,7H2,1H3. The zero-order valence-corrected chi connectivity index (χ0v) is 9.40. The fourth-order valence-electron chi connectivity index (χ4n) is 1.29. The van der Waals surface area contributed by atoms with Gasteiger partial charge in [-0.1, -0.05) is 11.8 Å². The zero-order valence-electron chi connectivity index (χ0n) is 8.58. The molecule has 76 valence electrons. The predicted molar refractivity (Wildman–Crippen MR) is 65.0 cm³/mol. The zero-order chi connectivity index (χ0) is 10.5. The van der Waals surface area contributed by atoms with Crippen LogP contribution in [0, 0.1) is 11.8 Å². The number of aromatic nitrogens is 1. The first-order valence-electron chi connectivity index (χ1n) is 4.87. The lowest BCUT2D eigenvalue weighted by molar-refractivity contribution is 0.818. The van der Waals surface area contributed by atoms with Gasteiger partial charge >= 0.3 is 0 Å². The molecule has 0 atom stereocenters. The molecule has 0 bridgehead atoms. The Hall–Kier alpha value is -1.37. The van der Waals surface area contributed by atoms with Crippen LogP contribution < -0.4 is 5.32 Å². The summed E-state index contributed by atoms with van der Waals surface area (Å²) in [5.74, 6) is 6.26. The maximum absolute atomic E-state index is 4.26. The summed E-state index contributed by atoms with van der Waals surface area (Å²) in [6, 6.07) is 6.17. The first kappa shape index (κ1) is 10.2. The molecule has 0 spiro atoms. The summed E-state index contributed by atoms with van der Waals surface area (Å²) in [6.07, 6.45) is 0.881. The highest BCUT2D eigenvalue weighted by Gasteiger charge is 1.95. The summed E-state index contributed by atoms with van der Waals surface area (Å²) in [4.78, 5) is 4.26. The van der Waals surface area contributed by atoms with Crippen LogP contribution >= 0.6 is 11.3 Å². The Balaban J connectivity index is 2.16. The van der Waals surface area contributed by atoms with Crippen LogP contribution in [0.25, 0.3) is 10.2 Å². The molecule has 2 aromatic rings. The van der Waals surface area contributed by atoms with Crippen molar-refractivity contribution in [3.63, 3.8) is 0 Å². The molecule has 0 radical (unpaired) electrons. The molecule has 0 saturated carbocycles. The van der Waals surface area contributed by atoms with E-state index in [0.717, 1.165) is 24.0 Å². The van der Waals surface area contributed by atoms with Crippen LogP contribution in [0.2, 0.25) is 0 Å². The van der Waals surface area contributed by atoms with E-state index >= 15 is 0 Å². The first-order chi connectivity index (χ1) is 7.40. The summed E-state index contributed by atoms with van der Waals surface area (Å²) in [7, 11) is 1.93. The first-order valence-corrected chi connectivity index (χ1v) is 5.75. The minimum absolute atomic E-state index is 0.881. The molecule has 0 fully saturated rings. The van der Waals surface area contributed by atoms with E-state index in [1.807, 2.05) is 24.7 Å². The molecule has 15 heavy (non-hydrogen) atoms. The highest BCUT2D eigenvalue weighted by atomic mass is 32.1. The quantitative estimate of drug-likeness (QED) is 0.615. The Labute approximate surface area is 93.3 Å². The van der Waals surface area contributed by atoms with Gasteiger partial charge in [-0.15, -0.1) is 11.3 Å². The van der Waals surface area contributed by atoms with E-state index in [2.05, 4.69) is 28.2 Å². The fraction of sp³-hybridized carbons (Fsp3) is 0.250. The molecule has 0 aliphatic rings. The van der Waals surface area contributed by atoms with Crippen molar-refractivity contribution in [3.8, 4) is 11.8 Å². The number of nitrogens with zero attached hydrogens (tertiary/aromatic N) is 1. The molecular weight excluding hydrogens is 204 g/mol. The van der Waals surface area contributed by atoms with E-state index in [9.17, 15) is 0 Å². The second-order valence-corrected chi connectivity index (χ2v) is 4.08. The third-order valence-electron chi connectivity index (χ3n) is 2.06. The molecule has 2 rings (SSSR count). The third-order valence-corrected chi connectivity index (χ3v) is 2.87. The summed E-state index contributed by atoms with van der Waals surface area (Å²) >= 11 is 1.66. The Bertz CT molecular complexity index is 505. The molecule has 0 saturated heterocycles. The van der Waals surface area contributed by atoms with Crippen molar-refractivity contribution in [2.45, 2.75) is 6.42 Å². The van der Waals surface area contributed by atoms with Gasteiger partial charge in [0.15, 0.2) is 0 Å². The SMILES string of the molecule is CNCCC#Cc1ccc2scnc2c1. The van der Waals surface area contributed by atoms with Gasteiger partial charge in [-0.3, -0.25) is 0 Å². The number of nitrogens with one attached hydrogen (secondary N) is 1. The molecule has 1 N–H and O–H groups in total. The lowest BCUT2D eigenvalue weighted by Gasteiger charge is -1.91. The Morgan fingerprint density at radius 3 is 3.27 bits per heavy atom. The van der Waals surface area contributed by atoms with E-state index in [4.69, 9.17) is 0 Å². The smallest absolute Gasteiger partial charge is 0.0824 e. The van der Waals surface area contributed by atoms with Gasteiger partial charge in [-0.25, -0.2) is 4.98 Å². The largest absolute Gasteiger partial charge is 0.319 e. The maximum Gasteiger partial charge on any atom is 0.0824 e. The Morgan fingerprint density at radius 1 is 1.47 bits per heavy atom. The van der Waals surface area contributed by atoms with E-state index in [1.165, 1.54) is 4.70 Å². The normalized spacial score (nSPS) is 9.93. The molecule has 1 aromatic carbocycles. The number of fused-ring (bicyclic) bond motifs is 1. The summed E-state index contributed by atoms with van der Waals surface area (Å²) in [6.45, 7) is 0.936. The van der Waals surface area contributed by atoms with Gasteiger partial charge in [0, 0.05) is 18.5 Å². The fourth-order valence-corrected chi connectivity index (χ4v) is 1.95. The van der Waals surface area contributed by atoms with Crippen LogP contribution in [0.15, 0.2) is 23.7 Å². The molecule has 2 nitrogen and oxygen atoms in total. The van der Waals surface area contributed by atoms with Gasteiger partial charge in [0.1, 0.15) is 0 Å². The average Bonchev–Trinajstić information content (AvgIpc) is 2.71. The van der Waals surface area contributed by atoms with Crippen LogP contribution in [0.5, 0.6) is 0 Å². The number of hydrogen-bond acceptors (Lipinski definition) is 3. The van der Waals surface area contributed by atoms with Crippen molar-refractivity contribution < 1.29 is 0 Å². The molecule has 0 amide bonds. The topological polar surface area (TPSA) is 24.9 Å². The van der Waals surface area contributed by atoms with Crippen LogP contribution in [-0.4, -0.2) is 18.6 Å². The van der Waals surface area contributed by atoms with Crippen molar-refractivity contribution in [2.24, 2.45) is 0 Å². The predicted octanol–water partition coefficient (Wildman–Crippen LogP) is 2.26. The number of rotatable bonds is 2. The lowest BCUT2D eigenvalue weighted by atomic mass is 10.2. The van der Waals surface area contributed by atoms with Crippen molar-refractivity contribution in [1.82, 2.24) is 10.3 Å². The van der Waals surface area contributed by atoms with Crippen LogP contribution in [0.3, 0.4) is 0 Å². The van der Waals surface area contributed by atoms with E-state index in [0.29, 0.717) is 0 Å². The number of benzene rings is 1. The lowest BCUT2D eigenvalue weighted by Crippen LogP contribution is -2.05. The monoisotopic (exact) mass is 216 g/mol. The van der Waals surface area contributed by atoms with Crippen LogP contribution in [0.4, 0.5) is 0 Å². The minimum atomic E-state index is 0.881. The van der Waals surface area contributed by atoms with E-state index < -0.39 is 0 Å². The summed E-state index contributed by atoms with van der Waals surface area (Å²) in [5, 5.41) is 3.07. The number of hydrogen-bond donors (Lipinski definition) is 1. The second-order valence-electron chi connectivity index (χ2n) is 3.19. The molecule has 0 aliphatic carbocycles. The van der Waals surface area contributed by atoms with E-state index in [-0.39, 0.29) is 0 Å². The van der Waals surface area contributed by atoms with Crippen LogP contribution in [0.1, 0.15) is 12.0 Å². The highest BCUT2D eigenvalue weighted by molar-refractivity contribution is 7.16. The minimum Gasteiger partial charge on any atom is -0.319 e. The van der Waals surface area contributed by atoms with Gasteiger partial charge in [-0.05, 0) is 25.2 Å². The van der Waals surface area contributed by atoms with Crippen molar-refractivity contribution >= 4 is 21.6 Å². The van der Waals surface area contributed by atoms with E-state index in [1.54, 1.807) is 11.3 Å². The second kappa shape index (κ2) is 4.92. The van der Waals surface area contributed by atoms with Gasteiger partial charge in [-0.2, -0.15) is 0 Å². The van der Waals surface area contributed by atoms with Crippen molar-refractivity contribution in [3.05, 3.63) is 29.3 Å². The number of thiazole rings is 1. The van der Waals surface area contributed by atoms with Gasteiger partial charge in [0.05, 0.1) is 15.7 Å². The van der Waals surface area contributed by atoms with Gasteiger partial charge in [0.25, 0.3) is 0 Å². The Morgan fingerprint density at radius 2 is 2.40 bits per heavy atom. The molecule has 0 unspecified atom stereocenters. The molecule has 0 aliphatic heterocycles. The molecule has 3 heteroatoms. The Kier molecular flexibility index (Phi) is 3.33. The van der Waals surface area contributed by atoms with Crippen molar-refractivity contribution in [2.75, 3.05) is 13.6 Å². The summed E-state index contributed by atoms with van der Waals surface area (Å²) in [5.41, 5.74) is 3.95. The molecule has 1 heterocycles. The maximum atomic E-state index is 4.26. The summed E-state index contributed by atoms with van der Waals surface area (Å²) < 4.78 is 1.22.